The van der Waals surface area contributed by atoms with Crippen LogP contribution in [0, 0.1) is 6.92 Å². The normalized spacial score (nSPS) is 10.0. The van der Waals surface area contributed by atoms with E-state index in [2.05, 4.69) is 20.7 Å². The van der Waals surface area contributed by atoms with E-state index in [-0.39, 0.29) is 5.91 Å². The lowest BCUT2D eigenvalue weighted by molar-refractivity contribution is 0.0946. The molecule has 2 rings (SSSR count). The fourth-order valence-corrected chi connectivity index (χ4v) is 1.52. The molecule has 0 atom stereocenters. The summed E-state index contributed by atoms with van der Waals surface area (Å²) >= 11 is 0. The third kappa shape index (κ3) is 3.49. The van der Waals surface area contributed by atoms with Gasteiger partial charge in [0, 0.05) is 18.4 Å². The van der Waals surface area contributed by atoms with Crippen LogP contribution in [-0.2, 0) is 6.54 Å². The molecule has 6 nitrogen and oxygen atoms in total. The Kier molecular flexibility index (Phi) is 4.04. The number of hydrogen-bond donors (Lipinski definition) is 3. The summed E-state index contributed by atoms with van der Waals surface area (Å²) in [7, 11) is 0. The molecule has 0 aliphatic carbocycles. The Morgan fingerprint density at radius 1 is 1.32 bits per heavy atom. The number of carbonyl (C=O) groups excluding carboxylic acids is 1. The van der Waals surface area contributed by atoms with E-state index in [9.17, 15) is 4.79 Å². The molecule has 4 N–H and O–H groups in total. The molecule has 0 aliphatic heterocycles. The van der Waals surface area contributed by atoms with Gasteiger partial charge in [0.15, 0.2) is 0 Å². The lowest BCUT2D eigenvalue weighted by atomic mass is 10.2. The first-order valence-electron chi connectivity index (χ1n) is 5.82. The van der Waals surface area contributed by atoms with Crippen LogP contribution in [0.1, 0.15) is 21.7 Å². The predicted octanol–water partition coefficient (Wildman–Crippen LogP) is 1.00. The summed E-state index contributed by atoms with van der Waals surface area (Å²) in [5.74, 6) is 5.44. The fraction of sp³-hybridized carbons (Fsp3) is 0.154. The number of nitrogens with zero attached hydrogens (tertiary/aromatic N) is 2. The minimum absolute atomic E-state index is 0.252. The molecule has 0 aromatic carbocycles. The van der Waals surface area contributed by atoms with E-state index in [1.165, 1.54) is 0 Å². The molecule has 0 saturated carbocycles. The molecule has 19 heavy (non-hydrogen) atoms. The molecular formula is C13H15N5O. The van der Waals surface area contributed by atoms with Crippen molar-refractivity contribution < 1.29 is 4.79 Å². The van der Waals surface area contributed by atoms with Crippen molar-refractivity contribution in [2.24, 2.45) is 5.84 Å². The van der Waals surface area contributed by atoms with Crippen LogP contribution in [0.2, 0.25) is 0 Å². The molecular weight excluding hydrogens is 242 g/mol. The van der Waals surface area contributed by atoms with Crippen molar-refractivity contribution >= 4 is 11.7 Å². The highest BCUT2D eigenvalue weighted by Crippen LogP contribution is 2.04. The molecule has 2 aromatic heterocycles. The third-order valence-corrected chi connectivity index (χ3v) is 2.56. The number of pyridine rings is 2. The Labute approximate surface area is 111 Å². The zero-order valence-electron chi connectivity index (χ0n) is 10.6. The summed E-state index contributed by atoms with van der Waals surface area (Å²) in [5, 5.41) is 2.78. The van der Waals surface area contributed by atoms with Crippen molar-refractivity contribution in [3.05, 3.63) is 53.5 Å². The van der Waals surface area contributed by atoms with Gasteiger partial charge in [-0.05, 0) is 30.7 Å². The van der Waals surface area contributed by atoms with Crippen molar-refractivity contribution in [3.63, 3.8) is 0 Å². The lowest BCUT2D eigenvalue weighted by Crippen LogP contribution is -2.24. The van der Waals surface area contributed by atoms with Crippen LogP contribution in [-0.4, -0.2) is 15.9 Å². The number of hydrazine groups is 1. The second-order valence-electron chi connectivity index (χ2n) is 4.04. The van der Waals surface area contributed by atoms with Crippen LogP contribution < -0.4 is 16.6 Å². The Balaban J connectivity index is 1.99. The first-order valence-corrected chi connectivity index (χ1v) is 5.82. The molecule has 0 radical (unpaired) electrons. The average molecular weight is 257 g/mol. The highest BCUT2D eigenvalue weighted by atomic mass is 16.1. The van der Waals surface area contributed by atoms with E-state index in [0.29, 0.717) is 18.1 Å². The van der Waals surface area contributed by atoms with Crippen LogP contribution in [0.25, 0.3) is 0 Å². The summed E-state index contributed by atoms with van der Waals surface area (Å²) in [6.07, 6.45) is 1.74. The number of carbonyl (C=O) groups is 1. The largest absolute Gasteiger partial charge is 0.347 e. The number of anilines is 1. The second kappa shape index (κ2) is 5.92. The first-order chi connectivity index (χ1) is 9.19. The van der Waals surface area contributed by atoms with Gasteiger partial charge in [0.2, 0.25) is 0 Å². The van der Waals surface area contributed by atoms with E-state index >= 15 is 0 Å². The number of hydrogen-bond acceptors (Lipinski definition) is 5. The lowest BCUT2D eigenvalue weighted by Gasteiger charge is -2.06. The minimum atomic E-state index is -0.252. The van der Waals surface area contributed by atoms with Crippen molar-refractivity contribution in [1.82, 2.24) is 15.3 Å². The van der Waals surface area contributed by atoms with Crippen LogP contribution in [0.15, 0.2) is 36.5 Å². The van der Waals surface area contributed by atoms with E-state index in [0.717, 1.165) is 11.3 Å². The van der Waals surface area contributed by atoms with E-state index in [1.807, 2.05) is 19.1 Å². The molecule has 0 saturated heterocycles. The SMILES string of the molecule is Cc1ccc(CNC(=O)c2cccc(NN)n2)cn1. The Bertz CT molecular complexity index is 568. The Morgan fingerprint density at radius 2 is 2.16 bits per heavy atom. The van der Waals surface area contributed by atoms with E-state index in [1.54, 1.807) is 24.4 Å². The van der Waals surface area contributed by atoms with Gasteiger partial charge in [-0.15, -0.1) is 0 Å². The molecule has 1 amide bonds. The predicted molar refractivity (Wildman–Crippen MR) is 72.2 cm³/mol. The average Bonchev–Trinajstić information content (AvgIpc) is 2.46. The van der Waals surface area contributed by atoms with Gasteiger partial charge in [-0.1, -0.05) is 12.1 Å². The number of rotatable bonds is 4. The molecule has 2 heterocycles. The number of aryl methyl sites for hydroxylation is 1. The van der Waals surface area contributed by atoms with Crippen LogP contribution in [0.5, 0.6) is 0 Å². The maximum Gasteiger partial charge on any atom is 0.270 e. The summed E-state index contributed by atoms with van der Waals surface area (Å²) in [4.78, 5) is 20.1. The number of nitrogen functional groups attached to an aromatic ring is 1. The molecule has 0 fully saturated rings. The summed E-state index contributed by atoms with van der Waals surface area (Å²) in [5.41, 5.74) is 4.60. The Morgan fingerprint density at radius 3 is 2.84 bits per heavy atom. The first kappa shape index (κ1) is 13.0. The van der Waals surface area contributed by atoms with E-state index < -0.39 is 0 Å². The maximum absolute atomic E-state index is 11.9. The smallest absolute Gasteiger partial charge is 0.270 e. The number of nitrogens with two attached hydrogens (primary N) is 1. The van der Waals surface area contributed by atoms with Crippen LogP contribution in [0.3, 0.4) is 0 Å². The van der Waals surface area contributed by atoms with Gasteiger partial charge >= 0.3 is 0 Å². The number of nitrogens with one attached hydrogen (secondary N) is 2. The summed E-state index contributed by atoms with van der Waals surface area (Å²) in [6.45, 7) is 2.33. The van der Waals surface area contributed by atoms with E-state index in [4.69, 9.17) is 5.84 Å². The zero-order valence-corrected chi connectivity index (χ0v) is 10.6. The van der Waals surface area contributed by atoms with Gasteiger partial charge in [0.25, 0.3) is 5.91 Å². The van der Waals surface area contributed by atoms with Gasteiger partial charge < -0.3 is 10.7 Å². The standard InChI is InChI=1S/C13H15N5O/c1-9-5-6-10(7-15-9)8-16-13(19)11-3-2-4-12(17-11)18-14/h2-7H,8,14H2,1H3,(H,16,19)(H,17,18). The highest BCUT2D eigenvalue weighted by Gasteiger charge is 2.07. The van der Waals surface area contributed by atoms with Crippen LogP contribution >= 0.6 is 0 Å². The summed E-state index contributed by atoms with van der Waals surface area (Å²) in [6, 6.07) is 8.85. The monoisotopic (exact) mass is 257 g/mol. The molecule has 6 heteroatoms. The van der Waals surface area contributed by atoms with Crippen LogP contribution in [0.4, 0.5) is 5.82 Å². The molecule has 98 valence electrons. The number of amides is 1. The van der Waals surface area contributed by atoms with Gasteiger partial charge in [-0.2, -0.15) is 0 Å². The topological polar surface area (TPSA) is 92.9 Å². The molecule has 0 aliphatic rings. The molecule has 2 aromatic rings. The molecule has 0 spiro atoms. The van der Waals surface area contributed by atoms with Gasteiger partial charge in [0.1, 0.15) is 11.5 Å². The van der Waals surface area contributed by atoms with Gasteiger partial charge in [-0.3, -0.25) is 9.78 Å². The van der Waals surface area contributed by atoms with Crippen molar-refractivity contribution in [3.8, 4) is 0 Å². The minimum Gasteiger partial charge on any atom is -0.347 e. The highest BCUT2D eigenvalue weighted by molar-refractivity contribution is 5.92. The second-order valence-corrected chi connectivity index (χ2v) is 4.04. The summed E-state index contributed by atoms with van der Waals surface area (Å²) < 4.78 is 0. The quantitative estimate of drug-likeness (QED) is 0.561. The maximum atomic E-state index is 11.9. The van der Waals surface area contributed by atoms with Gasteiger partial charge in [-0.25, -0.2) is 10.8 Å². The fourth-order valence-electron chi connectivity index (χ4n) is 1.52. The molecule has 0 unspecified atom stereocenters. The molecule has 0 bridgehead atoms. The Hall–Kier alpha value is -2.47. The van der Waals surface area contributed by atoms with Gasteiger partial charge in [0.05, 0.1) is 0 Å². The third-order valence-electron chi connectivity index (χ3n) is 2.56. The number of aromatic nitrogens is 2. The van der Waals surface area contributed by atoms with Crippen molar-refractivity contribution in [2.75, 3.05) is 5.43 Å². The van der Waals surface area contributed by atoms with Crippen molar-refractivity contribution in [2.45, 2.75) is 13.5 Å². The zero-order chi connectivity index (χ0) is 13.7. The van der Waals surface area contributed by atoms with Crippen molar-refractivity contribution in [1.29, 1.82) is 0 Å².